The third kappa shape index (κ3) is 6.05. The van der Waals surface area contributed by atoms with Gasteiger partial charge in [-0.05, 0) is 49.6 Å². The van der Waals surface area contributed by atoms with Crippen molar-refractivity contribution < 1.29 is 4.74 Å². The van der Waals surface area contributed by atoms with Crippen molar-refractivity contribution in [2.75, 3.05) is 0 Å². The molecule has 1 aromatic carbocycles. The Morgan fingerprint density at radius 2 is 1.80 bits per heavy atom. The molecule has 0 radical (unpaired) electrons. The van der Waals surface area contributed by atoms with E-state index in [9.17, 15) is 4.79 Å². The summed E-state index contributed by atoms with van der Waals surface area (Å²) in [6.45, 7) is 6.65. The minimum Gasteiger partial charge on any atom is -0.485 e. The molecule has 0 spiro atoms. The maximum atomic E-state index is 12.6. The average molecular weight is 402 g/mol. The Bertz CT molecular complexity index is 1070. The van der Waals surface area contributed by atoms with E-state index in [0.717, 1.165) is 16.8 Å². The van der Waals surface area contributed by atoms with Gasteiger partial charge in [-0.25, -0.2) is 9.97 Å². The van der Waals surface area contributed by atoms with Gasteiger partial charge in [0.1, 0.15) is 12.4 Å². The fourth-order valence-corrected chi connectivity index (χ4v) is 2.83. The SMILES string of the molecule is CC.Cc1cc(OCc2ncccn2)cc(=O)n1Cc1ccc(C#CC2CC2)cc1. The standard InChI is InChI=1S/C23H21N3O2.C2H6/c1-17-13-21(28-16-22-24-11-2-12-25-22)14-23(27)26(17)15-20-9-7-19(8-10-20)6-5-18-3-4-18;1-2/h2,7-14,18H,3-4,15-16H2,1H3;1-2H3. The van der Waals surface area contributed by atoms with Crippen LogP contribution in [0.25, 0.3) is 0 Å². The molecule has 5 nitrogen and oxygen atoms in total. The molecule has 5 heteroatoms. The molecule has 0 N–H and O–H groups in total. The molecule has 0 amide bonds. The second-order valence-electron chi connectivity index (χ2n) is 6.95. The highest BCUT2D eigenvalue weighted by molar-refractivity contribution is 5.37. The van der Waals surface area contributed by atoms with Crippen LogP contribution in [0.3, 0.4) is 0 Å². The van der Waals surface area contributed by atoms with Crippen molar-refractivity contribution in [3.63, 3.8) is 0 Å². The van der Waals surface area contributed by atoms with Crippen molar-refractivity contribution in [3.05, 3.63) is 87.9 Å². The maximum absolute atomic E-state index is 12.6. The summed E-state index contributed by atoms with van der Waals surface area (Å²) in [6.07, 6.45) is 5.78. The van der Waals surface area contributed by atoms with Crippen LogP contribution in [0.1, 0.15) is 49.3 Å². The van der Waals surface area contributed by atoms with E-state index in [1.54, 1.807) is 23.0 Å². The Labute approximate surface area is 177 Å². The lowest BCUT2D eigenvalue weighted by molar-refractivity contribution is 0.294. The predicted molar refractivity (Wildman–Crippen MR) is 118 cm³/mol. The molecule has 1 fully saturated rings. The first-order valence-corrected chi connectivity index (χ1v) is 10.4. The molecule has 154 valence electrons. The molecule has 0 aliphatic heterocycles. The Kier molecular flexibility index (Phi) is 7.40. The quantitative estimate of drug-likeness (QED) is 0.596. The molecule has 4 rings (SSSR count). The number of rotatable bonds is 5. The van der Waals surface area contributed by atoms with Crippen molar-refractivity contribution >= 4 is 0 Å². The van der Waals surface area contributed by atoms with Gasteiger partial charge in [0.2, 0.25) is 0 Å². The van der Waals surface area contributed by atoms with Gasteiger partial charge < -0.3 is 9.30 Å². The van der Waals surface area contributed by atoms with Gasteiger partial charge >= 0.3 is 0 Å². The third-order valence-corrected chi connectivity index (χ3v) is 4.59. The van der Waals surface area contributed by atoms with E-state index in [1.807, 2.05) is 51.1 Å². The molecule has 2 aromatic heterocycles. The smallest absolute Gasteiger partial charge is 0.254 e. The number of nitrogens with zero attached hydrogens (tertiary/aromatic N) is 3. The zero-order valence-corrected chi connectivity index (χ0v) is 17.8. The molecule has 1 aliphatic rings. The number of ether oxygens (including phenoxy) is 1. The summed E-state index contributed by atoms with van der Waals surface area (Å²) in [4.78, 5) is 20.8. The fraction of sp³-hybridized carbons (Fsp3) is 0.320. The number of aromatic nitrogens is 3. The van der Waals surface area contributed by atoms with Crippen molar-refractivity contribution in [2.45, 2.75) is 46.8 Å². The zero-order chi connectivity index (χ0) is 21.3. The van der Waals surface area contributed by atoms with Gasteiger partial charge in [0, 0.05) is 35.6 Å². The molecule has 0 saturated heterocycles. The summed E-state index contributed by atoms with van der Waals surface area (Å²) in [5.74, 6) is 8.17. The van der Waals surface area contributed by atoms with Crippen molar-refractivity contribution in [1.82, 2.24) is 14.5 Å². The van der Waals surface area contributed by atoms with E-state index >= 15 is 0 Å². The monoisotopic (exact) mass is 401 g/mol. The van der Waals surface area contributed by atoms with E-state index in [1.165, 1.54) is 18.9 Å². The first kappa shape index (κ1) is 21.3. The summed E-state index contributed by atoms with van der Waals surface area (Å²) in [5, 5.41) is 0. The van der Waals surface area contributed by atoms with Crippen LogP contribution in [0.15, 0.2) is 59.7 Å². The number of pyridine rings is 1. The molecule has 0 atom stereocenters. The van der Waals surface area contributed by atoms with E-state index in [2.05, 4.69) is 21.8 Å². The second kappa shape index (κ2) is 10.4. The topological polar surface area (TPSA) is 57.0 Å². The van der Waals surface area contributed by atoms with Crippen LogP contribution in [0, 0.1) is 24.7 Å². The molecule has 1 aliphatic carbocycles. The molecule has 2 heterocycles. The fourth-order valence-electron chi connectivity index (χ4n) is 2.83. The van der Waals surface area contributed by atoms with Crippen LogP contribution in [0.2, 0.25) is 0 Å². The van der Waals surface area contributed by atoms with Gasteiger partial charge in [-0.1, -0.05) is 37.8 Å². The van der Waals surface area contributed by atoms with Gasteiger partial charge in [0.25, 0.3) is 5.56 Å². The lowest BCUT2D eigenvalue weighted by Gasteiger charge is -2.12. The predicted octanol–water partition coefficient (Wildman–Crippen LogP) is 4.36. The Balaban J connectivity index is 0.00000124. The first-order chi connectivity index (χ1) is 14.7. The average Bonchev–Trinajstić information content (AvgIpc) is 3.61. The summed E-state index contributed by atoms with van der Waals surface area (Å²) in [7, 11) is 0. The minimum absolute atomic E-state index is 0.0958. The lowest BCUT2D eigenvalue weighted by Crippen LogP contribution is -2.22. The van der Waals surface area contributed by atoms with Crippen LogP contribution in [0.5, 0.6) is 5.75 Å². The summed E-state index contributed by atoms with van der Waals surface area (Å²) < 4.78 is 7.41. The Hall–Kier alpha value is -3.39. The summed E-state index contributed by atoms with van der Waals surface area (Å²) in [5.41, 5.74) is 2.83. The van der Waals surface area contributed by atoms with Crippen LogP contribution >= 0.6 is 0 Å². The minimum atomic E-state index is -0.0958. The van der Waals surface area contributed by atoms with Gasteiger partial charge in [0.05, 0.1) is 6.54 Å². The highest BCUT2D eigenvalue weighted by atomic mass is 16.5. The molecular formula is C25H27N3O2. The first-order valence-electron chi connectivity index (χ1n) is 10.4. The van der Waals surface area contributed by atoms with Gasteiger partial charge in [-0.2, -0.15) is 0 Å². The number of hydrogen-bond acceptors (Lipinski definition) is 4. The largest absolute Gasteiger partial charge is 0.485 e. The van der Waals surface area contributed by atoms with E-state index in [4.69, 9.17) is 4.74 Å². The molecule has 1 saturated carbocycles. The van der Waals surface area contributed by atoms with Gasteiger partial charge in [-0.3, -0.25) is 4.79 Å². The lowest BCUT2D eigenvalue weighted by atomic mass is 10.1. The zero-order valence-electron chi connectivity index (χ0n) is 17.8. The number of hydrogen-bond donors (Lipinski definition) is 0. The third-order valence-electron chi connectivity index (χ3n) is 4.59. The number of aryl methyl sites for hydroxylation is 1. The summed E-state index contributed by atoms with van der Waals surface area (Å²) >= 11 is 0. The van der Waals surface area contributed by atoms with Gasteiger partial charge in [0.15, 0.2) is 5.82 Å². The molecule has 0 bridgehead atoms. The summed E-state index contributed by atoms with van der Waals surface area (Å²) in [6, 6.07) is 13.2. The highest BCUT2D eigenvalue weighted by Gasteiger charge is 2.17. The van der Waals surface area contributed by atoms with E-state index < -0.39 is 0 Å². The van der Waals surface area contributed by atoms with Crippen LogP contribution in [-0.2, 0) is 13.2 Å². The molecule has 3 aromatic rings. The van der Waals surface area contributed by atoms with Crippen molar-refractivity contribution in [2.24, 2.45) is 5.92 Å². The van der Waals surface area contributed by atoms with Crippen LogP contribution in [-0.4, -0.2) is 14.5 Å². The Morgan fingerprint density at radius 1 is 1.10 bits per heavy atom. The van der Waals surface area contributed by atoms with Crippen LogP contribution < -0.4 is 10.3 Å². The normalized spacial score (nSPS) is 12.2. The molecular weight excluding hydrogens is 374 g/mol. The maximum Gasteiger partial charge on any atom is 0.254 e. The van der Waals surface area contributed by atoms with Crippen molar-refractivity contribution in [3.8, 4) is 17.6 Å². The highest BCUT2D eigenvalue weighted by Crippen LogP contribution is 2.27. The second-order valence-corrected chi connectivity index (χ2v) is 6.95. The Morgan fingerprint density at radius 3 is 2.43 bits per heavy atom. The van der Waals surface area contributed by atoms with Gasteiger partial charge in [-0.15, -0.1) is 0 Å². The molecule has 30 heavy (non-hydrogen) atoms. The van der Waals surface area contributed by atoms with Crippen molar-refractivity contribution in [1.29, 1.82) is 0 Å². The van der Waals surface area contributed by atoms with Crippen LogP contribution in [0.4, 0.5) is 0 Å². The van der Waals surface area contributed by atoms with E-state index in [-0.39, 0.29) is 12.2 Å². The molecule has 0 unspecified atom stereocenters. The number of benzene rings is 1. The van der Waals surface area contributed by atoms with E-state index in [0.29, 0.717) is 24.0 Å².